The van der Waals surface area contributed by atoms with Crippen molar-refractivity contribution in [3.8, 4) is 17.1 Å². The minimum Gasteiger partial charge on any atom is -0.508 e. The highest BCUT2D eigenvalue weighted by Gasteiger charge is 2.26. The summed E-state index contributed by atoms with van der Waals surface area (Å²) in [6, 6.07) is 6.26. The molecule has 2 N–H and O–H groups in total. The molecule has 0 bridgehead atoms. The minimum absolute atomic E-state index is 0.0872. The summed E-state index contributed by atoms with van der Waals surface area (Å²) in [5, 5.41) is 16.3. The van der Waals surface area contributed by atoms with Crippen LogP contribution in [0.15, 0.2) is 28.8 Å². The van der Waals surface area contributed by atoms with Crippen LogP contribution in [-0.2, 0) is 16.3 Å². The lowest BCUT2D eigenvalue weighted by Crippen LogP contribution is -2.46. The summed E-state index contributed by atoms with van der Waals surface area (Å²) >= 11 is 0. The molecule has 3 rings (SSSR count). The topological polar surface area (TPSA) is 105 Å². The van der Waals surface area contributed by atoms with Crippen LogP contribution in [0.4, 0.5) is 0 Å². The molecule has 1 fully saturated rings. The van der Waals surface area contributed by atoms with Crippen molar-refractivity contribution in [2.45, 2.75) is 12.5 Å². The van der Waals surface area contributed by atoms with Gasteiger partial charge in [-0.15, -0.1) is 0 Å². The third-order valence-corrected chi connectivity index (χ3v) is 5.05. The maximum atomic E-state index is 11.6. The van der Waals surface area contributed by atoms with Gasteiger partial charge in [-0.3, -0.25) is 0 Å². The predicted octanol–water partition coefficient (Wildman–Crippen LogP) is 0.371. The van der Waals surface area contributed by atoms with Gasteiger partial charge >= 0.3 is 0 Å². The van der Waals surface area contributed by atoms with E-state index in [1.807, 2.05) is 0 Å². The van der Waals surface area contributed by atoms with Crippen molar-refractivity contribution in [2.75, 3.05) is 18.1 Å². The van der Waals surface area contributed by atoms with Crippen molar-refractivity contribution in [3.05, 3.63) is 30.2 Å². The molecule has 1 saturated heterocycles. The van der Waals surface area contributed by atoms with Crippen LogP contribution in [0.3, 0.4) is 0 Å². The smallest absolute Gasteiger partial charge is 0.228 e. The average molecular weight is 309 g/mol. The van der Waals surface area contributed by atoms with Gasteiger partial charge in [0.2, 0.25) is 11.7 Å². The number of hydrogen-bond acceptors (Lipinski definition) is 7. The first kappa shape index (κ1) is 14.0. The molecule has 0 amide bonds. The third-order valence-electron chi connectivity index (χ3n) is 3.32. The number of nitrogens with one attached hydrogen (secondary N) is 1. The van der Waals surface area contributed by atoms with E-state index in [9.17, 15) is 13.5 Å². The highest BCUT2D eigenvalue weighted by Crippen LogP contribution is 2.19. The number of aromatic nitrogens is 2. The number of phenols is 1. The van der Waals surface area contributed by atoms with E-state index in [0.29, 0.717) is 24.7 Å². The van der Waals surface area contributed by atoms with Crippen LogP contribution in [0, 0.1) is 0 Å². The zero-order valence-electron chi connectivity index (χ0n) is 11.2. The molecular formula is C13H15N3O4S. The fraction of sp³-hybridized carbons (Fsp3) is 0.385. The monoisotopic (exact) mass is 309 g/mol. The molecule has 112 valence electrons. The van der Waals surface area contributed by atoms with Gasteiger partial charge in [0.05, 0.1) is 11.5 Å². The Hall–Kier alpha value is -1.93. The Morgan fingerprint density at radius 3 is 2.81 bits per heavy atom. The summed E-state index contributed by atoms with van der Waals surface area (Å²) in [5.74, 6) is 1.24. The second kappa shape index (κ2) is 5.45. The average Bonchev–Trinajstić information content (AvgIpc) is 2.87. The summed E-state index contributed by atoms with van der Waals surface area (Å²) in [5.41, 5.74) is 0.729. The van der Waals surface area contributed by atoms with E-state index in [-0.39, 0.29) is 23.3 Å². The van der Waals surface area contributed by atoms with Crippen molar-refractivity contribution >= 4 is 9.84 Å². The van der Waals surface area contributed by atoms with Crippen LogP contribution in [-0.4, -0.2) is 47.8 Å². The van der Waals surface area contributed by atoms with Gasteiger partial charge in [0, 0.05) is 24.6 Å². The molecule has 0 spiro atoms. The number of phenolic OH excluding ortho intramolecular Hbond substituents is 1. The lowest BCUT2D eigenvalue weighted by molar-refractivity contribution is 0.361. The van der Waals surface area contributed by atoms with Gasteiger partial charge in [-0.1, -0.05) is 5.16 Å². The lowest BCUT2D eigenvalue weighted by atomic mass is 10.2. The van der Waals surface area contributed by atoms with Gasteiger partial charge in [-0.25, -0.2) is 8.42 Å². The van der Waals surface area contributed by atoms with E-state index in [4.69, 9.17) is 4.52 Å². The summed E-state index contributed by atoms with van der Waals surface area (Å²) in [6.45, 7) is 0.450. The maximum absolute atomic E-state index is 11.6. The maximum Gasteiger partial charge on any atom is 0.228 e. The molecule has 0 saturated carbocycles. The van der Waals surface area contributed by atoms with E-state index in [1.54, 1.807) is 24.3 Å². The molecule has 2 heterocycles. The largest absolute Gasteiger partial charge is 0.508 e. The third kappa shape index (κ3) is 3.40. The van der Waals surface area contributed by atoms with Crippen LogP contribution in [0.1, 0.15) is 5.89 Å². The second-order valence-electron chi connectivity index (χ2n) is 5.03. The van der Waals surface area contributed by atoms with Crippen molar-refractivity contribution < 1.29 is 18.0 Å². The van der Waals surface area contributed by atoms with Crippen LogP contribution in [0.25, 0.3) is 11.4 Å². The van der Waals surface area contributed by atoms with E-state index in [0.717, 1.165) is 5.56 Å². The second-order valence-corrected chi connectivity index (χ2v) is 7.26. The van der Waals surface area contributed by atoms with Crippen LogP contribution in [0.5, 0.6) is 5.75 Å². The van der Waals surface area contributed by atoms with Gasteiger partial charge in [0.1, 0.15) is 5.75 Å². The van der Waals surface area contributed by atoms with Crippen LogP contribution in [0.2, 0.25) is 0 Å². The molecule has 1 aliphatic rings. The molecule has 1 aromatic heterocycles. The highest BCUT2D eigenvalue weighted by molar-refractivity contribution is 7.91. The minimum atomic E-state index is -2.98. The first-order chi connectivity index (χ1) is 10.0. The Kier molecular flexibility index (Phi) is 3.64. The predicted molar refractivity (Wildman–Crippen MR) is 75.5 cm³/mol. The fourth-order valence-corrected chi connectivity index (χ4v) is 3.72. The number of rotatable bonds is 3. The van der Waals surface area contributed by atoms with E-state index in [1.165, 1.54) is 0 Å². The first-order valence-electron chi connectivity index (χ1n) is 6.58. The summed E-state index contributed by atoms with van der Waals surface area (Å²) in [6.07, 6.45) is 0.379. The Balaban J connectivity index is 1.72. The molecule has 7 nitrogen and oxygen atoms in total. The molecule has 2 aromatic rings. The summed E-state index contributed by atoms with van der Waals surface area (Å²) in [4.78, 5) is 4.26. The molecule has 0 aliphatic carbocycles. The summed E-state index contributed by atoms with van der Waals surface area (Å²) in [7, 11) is -2.98. The van der Waals surface area contributed by atoms with E-state index < -0.39 is 9.84 Å². The normalized spacial score (nSPS) is 21.2. The number of benzene rings is 1. The molecule has 0 radical (unpaired) electrons. The Bertz CT molecular complexity index is 724. The Labute approximate surface area is 121 Å². The summed E-state index contributed by atoms with van der Waals surface area (Å²) < 4.78 is 28.3. The lowest BCUT2D eigenvalue weighted by Gasteiger charge is -2.21. The molecule has 1 atom stereocenters. The van der Waals surface area contributed by atoms with Gasteiger partial charge in [0.15, 0.2) is 9.84 Å². The van der Waals surface area contributed by atoms with Gasteiger partial charge in [0.25, 0.3) is 0 Å². The number of hydrogen-bond donors (Lipinski definition) is 2. The number of nitrogens with zero attached hydrogens (tertiary/aromatic N) is 2. The van der Waals surface area contributed by atoms with Crippen LogP contribution >= 0.6 is 0 Å². The van der Waals surface area contributed by atoms with E-state index in [2.05, 4.69) is 15.5 Å². The zero-order valence-corrected chi connectivity index (χ0v) is 12.0. The van der Waals surface area contributed by atoms with Gasteiger partial charge in [-0.05, 0) is 24.3 Å². The SMILES string of the molecule is O=S1(=O)CCNC(Cc2nc(-c3ccc(O)cc3)no2)C1. The molecule has 8 heteroatoms. The quantitative estimate of drug-likeness (QED) is 0.844. The number of aromatic hydroxyl groups is 1. The van der Waals surface area contributed by atoms with E-state index >= 15 is 0 Å². The first-order valence-corrected chi connectivity index (χ1v) is 8.40. The van der Waals surface area contributed by atoms with Crippen molar-refractivity contribution in [1.82, 2.24) is 15.5 Å². The number of sulfone groups is 1. The van der Waals surface area contributed by atoms with Crippen molar-refractivity contribution in [2.24, 2.45) is 0 Å². The van der Waals surface area contributed by atoms with Gasteiger partial charge in [-0.2, -0.15) is 4.98 Å². The van der Waals surface area contributed by atoms with Crippen LogP contribution < -0.4 is 5.32 Å². The standard InChI is InChI=1S/C13H15N3O4S/c17-11-3-1-9(2-4-11)13-15-12(20-16-13)7-10-8-21(18,19)6-5-14-10/h1-4,10,14,17H,5-8H2. The fourth-order valence-electron chi connectivity index (χ4n) is 2.27. The van der Waals surface area contributed by atoms with Crippen molar-refractivity contribution in [3.63, 3.8) is 0 Å². The molecule has 21 heavy (non-hydrogen) atoms. The molecule has 1 unspecified atom stereocenters. The Morgan fingerprint density at radius 1 is 1.33 bits per heavy atom. The van der Waals surface area contributed by atoms with Gasteiger partial charge < -0.3 is 14.9 Å². The molecule has 1 aromatic carbocycles. The zero-order chi connectivity index (χ0) is 14.9. The highest BCUT2D eigenvalue weighted by atomic mass is 32.2. The van der Waals surface area contributed by atoms with Crippen molar-refractivity contribution in [1.29, 1.82) is 0 Å². The molecule has 1 aliphatic heterocycles. The molecular weight excluding hydrogens is 294 g/mol. The Morgan fingerprint density at radius 2 is 2.10 bits per heavy atom.